The van der Waals surface area contributed by atoms with Gasteiger partial charge < -0.3 is 15.4 Å². The van der Waals surface area contributed by atoms with Gasteiger partial charge in [-0.3, -0.25) is 9.98 Å². The summed E-state index contributed by atoms with van der Waals surface area (Å²) < 4.78 is 5.76. The van der Waals surface area contributed by atoms with Crippen molar-refractivity contribution < 1.29 is 4.74 Å². The van der Waals surface area contributed by atoms with E-state index in [2.05, 4.69) is 31.7 Å². The Morgan fingerprint density at radius 3 is 2.75 bits per heavy atom. The number of aliphatic imine (C=N–C) groups is 1. The number of pyridine rings is 2. The molecule has 6 nitrogen and oxygen atoms in total. The molecule has 2 heterocycles. The second-order valence-corrected chi connectivity index (χ2v) is 7.02. The van der Waals surface area contributed by atoms with Gasteiger partial charge in [-0.05, 0) is 48.1 Å². The van der Waals surface area contributed by atoms with E-state index in [1.807, 2.05) is 42.6 Å². The molecule has 144 valence electrons. The molecule has 1 aromatic carbocycles. The maximum absolute atomic E-state index is 5.76. The van der Waals surface area contributed by atoms with Crippen LogP contribution in [0.2, 0.25) is 0 Å². The molecule has 0 saturated heterocycles. The summed E-state index contributed by atoms with van der Waals surface area (Å²) in [6.45, 7) is 2.10. The van der Waals surface area contributed by atoms with Crippen molar-refractivity contribution >= 4 is 16.9 Å². The predicted molar refractivity (Wildman–Crippen MR) is 111 cm³/mol. The van der Waals surface area contributed by atoms with Gasteiger partial charge >= 0.3 is 0 Å². The number of benzene rings is 1. The van der Waals surface area contributed by atoms with Gasteiger partial charge in [-0.15, -0.1) is 0 Å². The van der Waals surface area contributed by atoms with E-state index in [-0.39, 0.29) is 0 Å². The maximum atomic E-state index is 5.76. The molecule has 1 aliphatic carbocycles. The van der Waals surface area contributed by atoms with Gasteiger partial charge in [-0.1, -0.05) is 18.2 Å². The molecule has 0 radical (unpaired) electrons. The lowest BCUT2D eigenvalue weighted by atomic mass is 10.1. The number of ether oxygens (including phenoxy) is 1. The Labute approximate surface area is 165 Å². The van der Waals surface area contributed by atoms with E-state index in [4.69, 9.17) is 4.74 Å². The lowest BCUT2D eigenvalue weighted by molar-refractivity contribution is 0.288. The zero-order valence-corrected chi connectivity index (χ0v) is 16.1. The summed E-state index contributed by atoms with van der Waals surface area (Å²) in [6.07, 6.45) is 6.18. The molecular formula is C22H25N5O. The van der Waals surface area contributed by atoms with Crippen LogP contribution >= 0.6 is 0 Å². The van der Waals surface area contributed by atoms with Crippen LogP contribution in [0.4, 0.5) is 0 Å². The van der Waals surface area contributed by atoms with E-state index in [9.17, 15) is 0 Å². The number of fused-ring (bicyclic) bond motifs is 1. The molecule has 2 aromatic heterocycles. The molecule has 0 aliphatic heterocycles. The third kappa shape index (κ3) is 4.76. The smallest absolute Gasteiger partial charge is 0.213 e. The third-order valence-electron chi connectivity index (χ3n) is 4.83. The monoisotopic (exact) mass is 375 g/mol. The van der Waals surface area contributed by atoms with Crippen molar-refractivity contribution in [2.24, 2.45) is 10.9 Å². The van der Waals surface area contributed by atoms with Crippen molar-refractivity contribution in [1.82, 2.24) is 20.6 Å². The van der Waals surface area contributed by atoms with Gasteiger partial charge in [0.15, 0.2) is 5.96 Å². The average Bonchev–Trinajstić information content (AvgIpc) is 3.57. The van der Waals surface area contributed by atoms with E-state index in [1.165, 1.54) is 18.4 Å². The van der Waals surface area contributed by atoms with Crippen molar-refractivity contribution in [2.45, 2.75) is 25.9 Å². The number of rotatable bonds is 7. The van der Waals surface area contributed by atoms with Gasteiger partial charge in [0.25, 0.3) is 0 Å². The van der Waals surface area contributed by atoms with Gasteiger partial charge in [-0.25, -0.2) is 4.98 Å². The van der Waals surface area contributed by atoms with Gasteiger partial charge in [0.05, 0.1) is 12.1 Å². The van der Waals surface area contributed by atoms with Crippen molar-refractivity contribution in [2.75, 3.05) is 13.7 Å². The van der Waals surface area contributed by atoms with Crippen LogP contribution in [0, 0.1) is 5.92 Å². The van der Waals surface area contributed by atoms with Gasteiger partial charge in [0, 0.05) is 44.0 Å². The van der Waals surface area contributed by atoms with Crippen LogP contribution < -0.4 is 15.4 Å². The molecule has 28 heavy (non-hydrogen) atoms. The summed E-state index contributed by atoms with van der Waals surface area (Å²) in [6, 6.07) is 14.2. The number of nitrogens with one attached hydrogen (secondary N) is 2. The molecule has 0 unspecified atom stereocenters. The molecule has 0 spiro atoms. The number of aromatic nitrogens is 2. The number of hydrogen-bond donors (Lipinski definition) is 2. The summed E-state index contributed by atoms with van der Waals surface area (Å²) in [4.78, 5) is 13.0. The lowest BCUT2D eigenvalue weighted by Gasteiger charge is -2.13. The van der Waals surface area contributed by atoms with Crippen LogP contribution in [0.15, 0.2) is 59.9 Å². The first-order valence-electron chi connectivity index (χ1n) is 9.66. The molecule has 4 rings (SSSR count). The quantitative estimate of drug-likeness (QED) is 0.490. The largest absolute Gasteiger partial charge is 0.477 e. The summed E-state index contributed by atoms with van der Waals surface area (Å²) in [5, 5.41) is 7.88. The fourth-order valence-corrected chi connectivity index (χ4v) is 3.02. The third-order valence-corrected chi connectivity index (χ3v) is 4.83. The Kier molecular flexibility index (Phi) is 5.66. The molecule has 3 aromatic rings. The fourth-order valence-electron chi connectivity index (χ4n) is 3.02. The topological polar surface area (TPSA) is 71.4 Å². The van der Waals surface area contributed by atoms with E-state index < -0.39 is 0 Å². The molecule has 2 N–H and O–H groups in total. The minimum absolute atomic E-state index is 0.652. The van der Waals surface area contributed by atoms with E-state index in [1.54, 1.807) is 13.2 Å². The first-order valence-corrected chi connectivity index (χ1v) is 9.66. The Balaban J connectivity index is 1.33. The SMILES string of the molecule is CN=C(NCc1ccnc(OCC2CC2)c1)NCc1ccnc2ccccc12. The lowest BCUT2D eigenvalue weighted by Crippen LogP contribution is -2.36. The number of para-hydroxylation sites is 1. The zero-order chi connectivity index (χ0) is 19.2. The van der Waals surface area contributed by atoms with E-state index >= 15 is 0 Å². The first kappa shape index (κ1) is 18.2. The molecule has 6 heteroatoms. The molecule has 0 amide bonds. The standard InChI is InChI=1S/C22H25N5O/c1-23-22(27-14-18-9-11-24-20-5-3-2-4-19(18)20)26-13-17-8-10-25-21(12-17)28-15-16-6-7-16/h2-5,8-12,16H,6-7,13-15H2,1H3,(H2,23,26,27). The van der Waals surface area contributed by atoms with Crippen LogP contribution in [0.3, 0.4) is 0 Å². The van der Waals surface area contributed by atoms with E-state index in [0.717, 1.165) is 35.0 Å². The molecule has 1 saturated carbocycles. The normalized spacial score (nSPS) is 14.1. The summed E-state index contributed by atoms with van der Waals surface area (Å²) in [5.74, 6) is 2.16. The first-order chi connectivity index (χ1) is 13.8. The summed E-state index contributed by atoms with van der Waals surface area (Å²) in [5.41, 5.74) is 3.30. The van der Waals surface area contributed by atoms with Crippen molar-refractivity contribution in [3.05, 3.63) is 66.0 Å². The Morgan fingerprint density at radius 1 is 1.07 bits per heavy atom. The van der Waals surface area contributed by atoms with Gasteiger partial charge in [0.1, 0.15) is 0 Å². The van der Waals surface area contributed by atoms with Crippen LogP contribution in [-0.2, 0) is 13.1 Å². The second-order valence-electron chi connectivity index (χ2n) is 7.02. The van der Waals surface area contributed by atoms with Crippen LogP contribution in [-0.4, -0.2) is 29.6 Å². The van der Waals surface area contributed by atoms with E-state index in [0.29, 0.717) is 19.0 Å². The fraction of sp³-hybridized carbons (Fsp3) is 0.318. The Bertz CT molecular complexity index is 963. The van der Waals surface area contributed by atoms with Crippen molar-refractivity contribution in [3.63, 3.8) is 0 Å². The molecule has 1 aliphatic rings. The van der Waals surface area contributed by atoms with Crippen molar-refractivity contribution in [3.8, 4) is 5.88 Å². The highest BCUT2D eigenvalue weighted by Gasteiger charge is 2.22. The second kappa shape index (κ2) is 8.69. The molecule has 0 bridgehead atoms. The molecular weight excluding hydrogens is 350 g/mol. The van der Waals surface area contributed by atoms with Crippen LogP contribution in [0.25, 0.3) is 10.9 Å². The average molecular weight is 375 g/mol. The predicted octanol–water partition coefficient (Wildman–Crippen LogP) is 3.28. The highest BCUT2D eigenvalue weighted by atomic mass is 16.5. The molecule has 0 atom stereocenters. The number of guanidine groups is 1. The number of hydrogen-bond acceptors (Lipinski definition) is 4. The number of nitrogens with zero attached hydrogens (tertiary/aromatic N) is 3. The Hall–Kier alpha value is -3.15. The Morgan fingerprint density at radius 2 is 1.89 bits per heavy atom. The van der Waals surface area contributed by atoms with Crippen LogP contribution in [0.5, 0.6) is 5.88 Å². The van der Waals surface area contributed by atoms with Gasteiger partial charge in [-0.2, -0.15) is 0 Å². The molecule has 1 fully saturated rings. The highest BCUT2D eigenvalue weighted by Crippen LogP contribution is 2.29. The minimum Gasteiger partial charge on any atom is -0.477 e. The maximum Gasteiger partial charge on any atom is 0.213 e. The van der Waals surface area contributed by atoms with Gasteiger partial charge in [0.2, 0.25) is 5.88 Å². The zero-order valence-electron chi connectivity index (χ0n) is 16.1. The summed E-state index contributed by atoms with van der Waals surface area (Å²) in [7, 11) is 1.77. The van der Waals surface area contributed by atoms with Crippen molar-refractivity contribution in [1.29, 1.82) is 0 Å². The highest BCUT2D eigenvalue weighted by molar-refractivity contribution is 5.83. The summed E-state index contributed by atoms with van der Waals surface area (Å²) >= 11 is 0. The minimum atomic E-state index is 0.652. The van der Waals surface area contributed by atoms with Crippen LogP contribution in [0.1, 0.15) is 24.0 Å².